The van der Waals surface area contributed by atoms with E-state index in [1.54, 1.807) is 0 Å². The van der Waals surface area contributed by atoms with E-state index in [9.17, 15) is 15.0 Å². The van der Waals surface area contributed by atoms with Gasteiger partial charge in [-0.1, -0.05) is 39.5 Å². The lowest BCUT2D eigenvalue weighted by molar-refractivity contribution is -0.151. The Balaban J connectivity index is 1.59. The van der Waals surface area contributed by atoms with Gasteiger partial charge in [-0.2, -0.15) is 5.26 Å². The van der Waals surface area contributed by atoms with Crippen LogP contribution >= 0.6 is 0 Å². The fourth-order valence-electron chi connectivity index (χ4n) is 6.88. The highest BCUT2D eigenvalue weighted by molar-refractivity contribution is 5.86. The first-order valence-electron chi connectivity index (χ1n) is 11.8. The van der Waals surface area contributed by atoms with Crippen molar-refractivity contribution in [3.05, 3.63) is 23.3 Å². The molecule has 4 nitrogen and oxygen atoms in total. The molecule has 0 amide bonds. The predicted molar refractivity (Wildman–Crippen MR) is 116 cm³/mol. The highest BCUT2D eigenvalue weighted by Crippen LogP contribution is 2.64. The van der Waals surface area contributed by atoms with Gasteiger partial charge in [0.15, 0.2) is 0 Å². The van der Waals surface area contributed by atoms with Crippen LogP contribution in [0.15, 0.2) is 12.1 Å². The summed E-state index contributed by atoms with van der Waals surface area (Å²) in [7, 11) is 0. The van der Waals surface area contributed by atoms with E-state index in [4.69, 9.17) is 5.26 Å². The van der Waals surface area contributed by atoms with E-state index in [1.165, 1.54) is 12.8 Å². The average Bonchev–Trinajstić information content (AvgIpc) is 3.16. The molecule has 4 heteroatoms. The summed E-state index contributed by atoms with van der Waals surface area (Å²) in [6, 6.07) is 5.99. The first-order valence-corrected chi connectivity index (χ1v) is 11.8. The molecule has 2 N–H and O–H groups in total. The quantitative estimate of drug-likeness (QED) is 0.533. The lowest BCUT2D eigenvalue weighted by atomic mass is 9.44. The maximum atomic E-state index is 12.6. The van der Waals surface area contributed by atoms with Crippen molar-refractivity contribution in [2.24, 2.45) is 17.3 Å². The monoisotopic (exact) mass is 409 g/mol. The summed E-state index contributed by atoms with van der Waals surface area (Å²) in [5, 5.41) is 30.8. The highest BCUT2D eigenvalue weighted by atomic mass is 16.3. The van der Waals surface area contributed by atoms with E-state index >= 15 is 0 Å². The minimum absolute atomic E-state index is 0.0172. The molecular formula is C26H35NO3. The van der Waals surface area contributed by atoms with Crippen molar-refractivity contribution < 1.29 is 15.0 Å². The van der Waals surface area contributed by atoms with Crippen LogP contribution in [-0.2, 0) is 10.2 Å². The van der Waals surface area contributed by atoms with Crippen LogP contribution in [0.3, 0.4) is 0 Å². The maximum absolute atomic E-state index is 12.6. The molecule has 162 valence electrons. The number of unbranched alkanes of at least 4 members (excludes halogenated alkanes) is 3. The molecule has 1 aromatic carbocycles. The Morgan fingerprint density at radius 3 is 2.33 bits per heavy atom. The molecule has 0 saturated heterocycles. The number of hydrogen-bond donors (Lipinski definition) is 2. The molecule has 0 heterocycles. The normalized spacial score (nSPS) is 28.7. The number of phenols is 2. The van der Waals surface area contributed by atoms with Gasteiger partial charge < -0.3 is 10.2 Å². The van der Waals surface area contributed by atoms with Crippen LogP contribution in [-0.4, -0.2) is 16.0 Å². The molecule has 0 aliphatic heterocycles. The third-order valence-corrected chi connectivity index (χ3v) is 8.76. The number of nitriles is 1. The number of carbonyl (C=O) groups excluding carboxylic acids is 1. The van der Waals surface area contributed by atoms with Crippen LogP contribution in [0, 0.1) is 28.6 Å². The molecule has 3 atom stereocenters. The third-order valence-electron chi connectivity index (χ3n) is 8.76. The second-order valence-electron chi connectivity index (χ2n) is 10.6. The van der Waals surface area contributed by atoms with Gasteiger partial charge in [0.25, 0.3) is 0 Å². The summed E-state index contributed by atoms with van der Waals surface area (Å²) in [6.07, 6.45) is 10.5. The van der Waals surface area contributed by atoms with Crippen molar-refractivity contribution in [3.63, 3.8) is 0 Å². The Hall–Kier alpha value is -2.02. The van der Waals surface area contributed by atoms with E-state index < -0.39 is 0 Å². The Bertz CT molecular complexity index is 837. The van der Waals surface area contributed by atoms with Gasteiger partial charge in [-0.25, -0.2) is 0 Å². The zero-order chi connectivity index (χ0) is 21.5. The fourth-order valence-corrected chi connectivity index (χ4v) is 6.88. The molecule has 0 spiro atoms. The number of carbonyl (C=O) groups is 1. The summed E-state index contributed by atoms with van der Waals surface area (Å²) in [5.74, 6) is 1.00. The van der Waals surface area contributed by atoms with E-state index in [1.807, 2.05) is 12.1 Å². The van der Waals surface area contributed by atoms with Gasteiger partial charge in [-0.3, -0.25) is 4.79 Å². The molecule has 4 fully saturated rings. The molecule has 4 aliphatic rings. The van der Waals surface area contributed by atoms with Gasteiger partial charge in [0, 0.05) is 30.2 Å². The summed E-state index contributed by atoms with van der Waals surface area (Å²) in [6.45, 7) is 4.30. The molecule has 1 aromatic rings. The Morgan fingerprint density at radius 1 is 1.10 bits per heavy atom. The van der Waals surface area contributed by atoms with Gasteiger partial charge in [0.05, 0.1) is 6.07 Å². The van der Waals surface area contributed by atoms with Crippen LogP contribution in [0.1, 0.15) is 102 Å². The molecular weight excluding hydrogens is 374 g/mol. The number of phenolic OH excluding ortho intramolecular Hbond substituents is 2. The zero-order valence-corrected chi connectivity index (χ0v) is 18.4. The molecule has 4 saturated carbocycles. The molecule has 0 aromatic heterocycles. The van der Waals surface area contributed by atoms with Crippen molar-refractivity contribution in [1.29, 1.82) is 5.26 Å². The highest BCUT2D eigenvalue weighted by Gasteiger charge is 2.59. The predicted octanol–water partition coefficient (Wildman–Crippen LogP) is 6.10. The standard InChI is InChI=1S/C26H35NO3/c1-25(2)19-16-20(25)21(28)15-18(19)24-22(29)13-17(14-23(24)30)26(10-6-7-11-26)9-5-3-4-8-12-27/h13-14,18-20,29-30H,3-11,15-16H2,1-2H3/t18-,19?,20?/m1/s1. The third kappa shape index (κ3) is 3.41. The number of fused-ring (bicyclic) bond motifs is 2. The second-order valence-corrected chi connectivity index (χ2v) is 10.6. The Labute approximate surface area is 180 Å². The summed E-state index contributed by atoms with van der Waals surface area (Å²) in [5.41, 5.74) is 1.61. The van der Waals surface area contributed by atoms with Crippen LogP contribution in [0.2, 0.25) is 0 Å². The van der Waals surface area contributed by atoms with Crippen LogP contribution in [0.4, 0.5) is 0 Å². The number of aromatic hydroxyl groups is 2. The lowest BCUT2D eigenvalue weighted by Crippen LogP contribution is -2.56. The first-order chi connectivity index (χ1) is 14.3. The van der Waals surface area contributed by atoms with Gasteiger partial charge >= 0.3 is 0 Å². The molecule has 2 bridgehead atoms. The van der Waals surface area contributed by atoms with Crippen molar-refractivity contribution in [2.75, 3.05) is 0 Å². The number of nitrogens with zero attached hydrogens (tertiary/aromatic N) is 1. The van der Waals surface area contributed by atoms with Crippen LogP contribution < -0.4 is 0 Å². The van der Waals surface area contributed by atoms with Gasteiger partial charge in [0.1, 0.15) is 17.3 Å². The number of rotatable bonds is 7. The summed E-state index contributed by atoms with van der Waals surface area (Å²) >= 11 is 0. The number of hydrogen-bond acceptors (Lipinski definition) is 4. The van der Waals surface area contributed by atoms with Crippen molar-refractivity contribution >= 4 is 5.78 Å². The first kappa shape index (κ1) is 21.2. The number of benzene rings is 1. The minimum Gasteiger partial charge on any atom is -0.508 e. The Kier molecular flexibility index (Phi) is 5.60. The van der Waals surface area contributed by atoms with Crippen molar-refractivity contribution in [2.45, 2.75) is 95.8 Å². The average molecular weight is 410 g/mol. The fraction of sp³-hybridized carbons (Fsp3) is 0.692. The second kappa shape index (κ2) is 7.91. The molecule has 4 aliphatic carbocycles. The number of ketones is 1. The maximum Gasteiger partial charge on any atom is 0.137 e. The van der Waals surface area contributed by atoms with Crippen LogP contribution in [0.5, 0.6) is 11.5 Å². The van der Waals surface area contributed by atoms with Gasteiger partial charge in [0.2, 0.25) is 0 Å². The van der Waals surface area contributed by atoms with E-state index in [2.05, 4.69) is 19.9 Å². The number of Topliss-reactive ketones (excluding diaryl/α,β-unsaturated/α-hetero) is 1. The summed E-state index contributed by atoms with van der Waals surface area (Å²) in [4.78, 5) is 12.6. The van der Waals surface area contributed by atoms with E-state index in [0.717, 1.165) is 50.5 Å². The van der Waals surface area contributed by atoms with Crippen molar-refractivity contribution in [1.82, 2.24) is 0 Å². The Morgan fingerprint density at radius 2 is 1.77 bits per heavy atom. The van der Waals surface area contributed by atoms with Crippen molar-refractivity contribution in [3.8, 4) is 17.6 Å². The SMILES string of the molecule is CC1(C)C2CC1[C@H](c1c(O)cc(C3(CCCCCC#N)CCCC3)cc1O)CC2=O. The molecule has 30 heavy (non-hydrogen) atoms. The lowest BCUT2D eigenvalue weighted by Gasteiger charge is -2.59. The molecule has 2 unspecified atom stereocenters. The van der Waals surface area contributed by atoms with E-state index in [0.29, 0.717) is 24.3 Å². The zero-order valence-electron chi connectivity index (χ0n) is 18.4. The van der Waals surface area contributed by atoms with Crippen LogP contribution in [0.25, 0.3) is 0 Å². The van der Waals surface area contributed by atoms with Gasteiger partial charge in [-0.15, -0.1) is 0 Å². The molecule has 0 radical (unpaired) electrons. The van der Waals surface area contributed by atoms with E-state index in [-0.39, 0.29) is 39.9 Å². The smallest absolute Gasteiger partial charge is 0.137 e. The topological polar surface area (TPSA) is 81.3 Å². The largest absolute Gasteiger partial charge is 0.508 e. The molecule has 5 rings (SSSR count). The van der Waals surface area contributed by atoms with Gasteiger partial charge in [-0.05, 0) is 66.5 Å². The minimum atomic E-state index is -0.0861. The summed E-state index contributed by atoms with van der Waals surface area (Å²) < 4.78 is 0.